The molecule has 0 saturated carbocycles. The van der Waals surface area contributed by atoms with E-state index >= 15 is 0 Å². The van der Waals surface area contributed by atoms with E-state index in [2.05, 4.69) is 17.4 Å². The highest BCUT2D eigenvalue weighted by Crippen LogP contribution is 2.35. The third kappa shape index (κ3) is 4.74. The van der Waals surface area contributed by atoms with E-state index in [0.29, 0.717) is 24.6 Å². The Balaban J connectivity index is 2.31. The molecule has 0 spiro atoms. The van der Waals surface area contributed by atoms with Crippen molar-refractivity contribution < 1.29 is 14.6 Å². The van der Waals surface area contributed by atoms with Crippen LogP contribution in [-0.2, 0) is 6.54 Å². The van der Waals surface area contributed by atoms with Crippen molar-refractivity contribution in [1.29, 1.82) is 0 Å². The molecule has 2 rings (SSSR count). The van der Waals surface area contributed by atoms with Crippen molar-refractivity contribution >= 4 is 0 Å². The number of rotatable bonds is 9. The first kappa shape index (κ1) is 19.3. The minimum absolute atomic E-state index is 0.558. The van der Waals surface area contributed by atoms with E-state index in [4.69, 9.17) is 9.47 Å². The van der Waals surface area contributed by atoms with E-state index in [1.54, 1.807) is 14.2 Å². The zero-order valence-electron chi connectivity index (χ0n) is 15.6. The summed E-state index contributed by atoms with van der Waals surface area (Å²) in [4.78, 5) is 0. The summed E-state index contributed by atoms with van der Waals surface area (Å²) >= 11 is 0. The number of ether oxygens (including phenoxy) is 2. The average molecular weight is 343 g/mol. The van der Waals surface area contributed by atoms with Crippen LogP contribution in [0, 0.1) is 0 Å². The fraction of sp³-hybridized carbons (Fsp3) is 0.429. The highest BCUT2D eigenvalue weighted by atomic mass is 16.5. The molecule has 2 N–H and O–H groups in total. The number of methoxy groups -OCH3 is 2. The van der Waals surface area contributed by atoms with E-state index in [1.165, 1.54) is 0 Å². The zero-order chi connectivity index (χ0) is 18.3. The third-order valence-corrected chi connectivity index (χ3v) is 4.78. The second-order valence-corrected chi connectivity index (χ2v) is 6.27. The molecule has 0 unspecified atom stereocenters. The standard InChI is InChI=1S/C21H29NO3/c1-5-21(23,6-2)15-22-14-17-12-19(24-3)20(25-4)13-18(17)16-10-8-7-9-11-16/h7-13,22-23H,5-6,14-15H2,1-4H3. The van der Waals surface area contributed by atoms with Crippen LogP contribution in [0.2, 0.25) is 0 Å². The highest BCUT2D eigenvalue weighted by Gasteiger charge is 2.21. The van der Waals surface area contributed by atoms with Crippen LogP contribution in [0.1, 0.15) is 32.3 Å². The second-order valence-electron chi connectivity index (χ2n) is 6.27. The van der Waals surface area contributed by atoms with Gasteiger partial charge >= 0.3 is 0 Å². The number of hydrogen-bond donors (Lipinski definition) is 2. The third-order valence-electron chi connectivity index (χ3n) is 4.78. The fourth-order valence-corrected chi connectivity index (χ4v) is 2.88. The van der Waals surface area contributed by atoms with Crippen molar-refractivity contribution in [3.63, 3.8) is 0 Å². The lowest BCUT2D eigenvalue weighted by molar-refractivity contribution is 0.0323. The van der Waals surface area contributed by atoms with Gasteiger partial charge in [0, 0.05) is 13.1 Å². The molecule has 2 aromatic carbocycles. The van der Waals surface area contributed by atoms with Crippen LogP contribution < -0.4 is 14.8 Å². The predicted octanol–water partition coefficient (Wildman–Crippen LogP) is 4.01. The van der Waals surface area contributed by atoms with Gasteiger partial charge in [-0.2, -0.15) is 0 Å². The van der Waals surface area contributed by atoms with Gasteiger partial charge in [-0.15, -0.1) is 0 Å². The Morgan fingerprint density at radius 3 is 2.12 bits per heavy atom. The van der Waals surface area contributed by atoms with Crippen molar-refractivity contribution in [3.8, 4) is 22.6 Å². The van der Waals surface area contributed by atoms with E-state index < -0.39 is 5.60 Å². The molecule has 0 aliphatic heterocycles. The molecule has 2 aromatic rings. The molecular formula is C21H29NO3. The van der Waals surface area contributed by atoms with E-state index in [-0.39, 0.29) is 0 Å². The summed E-state index contributed by atoms with van der Waals surface area (Å²) in [6.07, 6.45) is 1.46. The van der Waals surface area contributed by atoms with Crippen molar-refractivity contribution in [2.45, 2.75) is 38.8 Å². The molecule has 0 aliphatic carbocycles. The van der Waals surface area contributed by atoms with Gasteiger partial charge in [-0.1, -0.05) is 44.2 Å². The lowest BCUT2D eigenvalue weighted by Gasteiger charge is -2.26. The summed E-state index contributed by atoms with van der Waals surface area (Å²) in [5, 5.41) is 13.9. The molecule has 0 amide bonds. The monoisotopic (exact) mass is 343 g/mol. The van der Waals surface area contributed by atoms with Crippen LogP contribution in [0.5, 0.6) is 11.5 Å². The first-order valence-electron chi connectivity index (χ1n) is 8.80. The normalized spacial score (nSPS) is 11.4. The predicted molar refractivity (Wildman–Crippen MR) is 102 cm³/mol. The van der Waals surface area contributed by atoms with Crippen LogP contribution in [0.25, 0.3) is 11.1 Å². The minimum atomic E-state index is -0.663. The van der Waals surface area contributed by atoms with E-state index in [0.717, 1.165) is 29.5 Å². The van der Waals surface area contributed by atoms with Gasteiger partial charge in [0.15, 0.2) is 11.5 Å². The molecule has 4 nitrogen and oxygen atoms in total. The van der Waals surface area contributed by atoms with Crippen molar-refractivity contribution in [2.75, 3.05) is 20.8 Å². The molecule has 0 atom stereocenters. The van der Waals surface area contributed by atoms with E-state index in [9.17, 15) is 5.11 Å². The lowest BCUT2D eigenvalue weighted by Crippen LogP contribution is -2.39. The van der Waals surface area contributed by atoms with E-state index in [1.807, 2.05) is 44.2 Å². The topological polar surface area (TPSA) is 50.7 Å². The number of hydrogen-bond acceptors (Lipinski definition) is 4. The van der Waals surface area contributed by atoms with Crippen LogP contribution in [0.4, 0.5) is 0 Å². The smallest absolute Gasteiger partial charge is 0.161 e. The minimum Gasteiger partial charge on any atom is -0.493 e. The first-order valence-corrected chi connectivity index (χ1v) is 8.80. The van der Waals surface area contributed by atoms with Gasteiger partial charge in [0.25, 0.3) is 0 Å². The van der Waals surface area contributed by atoms with Crippen molar-refractivity contribution in [3.05, 3.63) is 48.0 Å². The van der Waals surface area contributed by atoms with Gasteiger partial charge in [-0.25, -0.2) is 0 Å². The Hall–Kier alpha value is -2.04. The number of aliphatic hydroxyl groups is 1. The summed E-state index contributed by atoms with van der Waals surface area (Å²) in [5.41, 5.74) is 2.67. The fourth-order valence-electron chi connectivity index (χ4n) is 2.88. The Morgan fingerprint density at radius 2 is 1.56 bits per heavy atom. The summed E-state index contributed by atoms with van der Waals surface area (Å²) in [7, 11) is 3.29. The van der Waals surface area contributed by atoms with Crippen molar-refractivity contribution in [2.24, 2.45) is 0 Å². The molecule has 0 bridgehead atoms. The molecule has 4 heteroatoms. The second kappa shape index (κ2) is 8.88. The summed E-state index contributed by atoms with van der Waals surface area (Å²) in [6, 6.07) is 14.2. The highest BCUT2D eigenvalue weighted by molar-refractivity contribution is 5.71. The quantitative estimate of drug-likeness (QED) is 0.722. The number of benzene rings is 2. The maximum Gasteiger partial charge on any atom is 0.161 e. The van der Waals surface area contributed by atoms with Crippen LogP contribution >= 0.6 is 0 Å². The van der Waals surface area contributed by atoms with Gasteiger partial charge in [-0.05, 0) is 41.7 Å². The van der Waals surface area contributed by atoms with Gasteiger partial charge in [0.2, 0.25) is 0 Å². The summed E-state index contributed by atoms with van der Waals surface area (Å²) in [5.74, 6) is 1.42. The number of nitrogens with one attached hydrogen (secondary N) is 1. The Kier molecular flexibility index (Phi) is 6.85. The molecule has 0 fully saturated rings. The molecule has 136 valence electrons. The zero-order valence-corrected chi connectivity index (χ0v) is 15.6. The maximum atomic E-state index is 10.5. The molecule has 0 aliphatic rings. The lowest BCUT2D eigenvalue weighted by atomic mass is 9.96. The molecule has 0 aromatic heterocycles. The maximum absolute atomic E-state index is 10.5. The van der Waals surface area contributed by atoms with Gasteiger partial charge in [0.1, 0.15) is 0 Å². The van der Waals surface area contributed by atoms with Crippen molar-refractivity contribution in [1.82, 2.24) is 5.32 Å². The molecule has 0 heterocycles. The average Bonchev–Trinajstić information content (AvgIpc) is 2.67. The molecule has 25 heavy (non-hydrogen) atoms. The molecule has 0 saturated heterocycles. The van der Waals surface area contributed by atoms with Gasteiger partial charge < -0.3 is 19.9 Å². The molecule has 0 radical (unpaired) electrons. The van der Waals surface area contributed by atoms with Crippen LogP contribution in [0.3, 0.4) is 0 Å². The summed E-state index contributed by atoms with van der Waals surface area (Å²) < 4.78 is 10.9. The Labute approximate surface area is 150 Å². The van der Waals surface area contributed by atoms with Gasteiger partial charge in [0.05, 0.1) is 19.8 Å². The van der Waals surface area contributed by atoms with Crippen LogP contribution in [0.15, 0.2) is 42.5 Å². The SMILES string of the molecule is CCC(O)(CC)CNCc1cc(OC)c(OC)cc1-c1ccccc1. The Bertz CT molecular complexity index is 666. The van der Waals surface area contributed by atoms with Crippen LogP contribution in [-0.4, -0.2) is 31.5 Å². The first-order chi connectivity index (χ1) is 12.1. The largest absolute Gasteiger partial charge is 0.493 e. The van der Waals surface area contributed by atoms with Gasteiger partial charge in [-0.3, -0.25) is 0 Å². The molecular weight excluding hydrogens is 314 g/mol. The Morgan fingerprint density at radius 1 is 0.960 bits per heavy atom. The summed E-state index contributed by atoms with van der Waals surface area (Å²) in [6.45, 7) is 5.23.